The summed E-state index contributed by atoms with van der Waals surface area (Å²) in [6.07, 6.45) is 4.17. The van der Waals surface area contributed by atoms with E-state index in [-0.39, 0.29) is 16.5 Å². The molecule has 0 saturated carbocycles. The van der Waals surface area contributed by atoms with E-state index in [0.717, 1.165) is 17.4 Å². The molecule has 3 rings (SSSR count). The second-order valence-electron chi connectivity index (χ2n) is 6.72. The summed E-state index contributed by atoms with van der Waals surface area (Å²) in [6, 6.07) is 12.3. The number of amides is 3. The third-order valence-electron chi connectivity index (χ3n) is 4.29. The summed E-state index contributed by atoms with van der Waals surface area (Å²) >= 11 is 0. The van der Waals surface area contributed by atoms with Gasteiger partial charge in [-0.2, -0.15) is 0 Å². The Morgan fingerprint density at radius 1 is 1.03 bits per heavy atom. The summed E-state index contributed by atoms with van der Waals surface area (Å²) in [5.74, 6) is -0.429. The monoisotopic (exact) mass is 427 g/mol. The Kier molecular flexibility index (Phi) is 6.22. The van der Waals surface area contributed by atoms with Crippen LogP contribution in [-0.2, 0) is 16.4 Å². The minimum absolute atomic E-state index is 0.0767. The number of aryl methyl sites for hydroxylation is 1. The van der Waals surface area contributed by atoms with E-state index in [1.807, 2.05) is 0 Å². The highest BCUT2D eigenvalue weighted by Gasteiger charge is 2.13. The molecule has 0 aliphatic heterocycles. The molecule has 9 heteroatoms. The van der Waals surface area contributed by atoms with E-state index in [0.29, 0.717) is 17.9 Å². The zero-order valence-electron chi connectivity index (χ0n) is 16.4. The number of urea groups is 1. The van der Waals surface area contributed by atoms with Crippen LogP contribution in [0.4, 0.5) is 16.2 Å². The molecular weight excluding hydrogens is 406 g/mol. The standard InChI is InChI=1S/C21H21N3O5S/c1-14-10-17(23-21(26)22-12-15-8-9-29-13-15)6-7-19(14)24-20(25)16-4-3-5-18(11-16)30(2,27)28/h3-11,13H,12H2,1-2H3,(H,24,25)(H2,22,23,26). The molecule has 8 nitrogen and oxygen atoms in total. The fourth-order valence-electron chi connectivity index (χ4n) is 2.70. The van der Waals surface area contributed by atoms with Gasteiger partial charge in [0.25, 0.3) is 5.91 Å². The number of nitrogens with one attached hydrogen (secondary N) is 3. The van der Waals surface area contributed by atoms with Gasteiger partial charge >= 0.3 is 6.03 Å². The van der Waals surface area contributed by atoms with Gasteiger partial charge in [-0.25, -0.2) is 13.2 Å². The summed E-state index contributed by atoms with van der Waals surface area (Å²) < 4.78 is 28.3. The van der Waals surface area contributed by atoms with Crippen molar-refractivity contribution in [3.8, 4) is 0 Å². The predicted molar refractivity (Wildman–Crippen MR) is 113 cm³/mol. The zero-order valence-corrected chi connectivity index (χ0v) is 17.2. The second kappa shape index (κ2) is 8.83. The molecule has 1 heterocycles. The van der Waals surface area contributed by atoms with Crippen LogP contribution < -0.4 is 16.0 Å². The molecule has 156 valence electrons. The largest absolute Gasteiger partial charge is 0.472 e. The van der Waals surface area contributed by atoms with Crippen LogP contribution in [0.25, 0.3) is 0 Å². The molecule has 0 spiro atoms. The number of hydrogen-bond acceptors (Lipinski definition) is 5. The highest BCUT2D eigenvalue weighted by molar-refractivity contribution is 7.90. The summed E-state index contributed by atoms with van der Waals surface area (Å²) in [4.78, 5) is 24.6. The lowest BCUT2D eigenvalue weighted by atomic mass is 10.1. The van der Waals surface area contributed by atoms with E-state index in [1.54, 1.807) is 43.5 Å². The molecule has 0 atom stereocenters. The molecule has 0 aliphatic carbocycles. The summed E-state index contributed by atoms with van der Waals surface area (Å²) in [5.41, 5.74) is 2.93. The van der Waals surface area contributed by atoms with Crippen molar-refractivity contribution >= 4 is 33.2 Å². The van der Waals surface area contributed by atoms with Crippen molar-refractivity contribution in [2.75, 3.05) is 16.9 Å². The van der Waals surface area contributed by atoms with E-state index in [9.17, 15) is 18.0 Å². The first kappa shape index (κ1) is 21.1. The third kappa shape index (κ3) is 5.48. The second-order valence-corrected chi connectivity index (χ2v) is 8.74. The first-order valence-corrected chi connectivity index (χ1v) is 10.9. The molecule has 0 aliphatic rings. The van der Waals surface area contributed by atoms with Crippen LogP contribution in [-0.4, -0.2) is 26.6 Å². The van der Waals surface area contributed by atoms with Gasteiger partial charge in [0.05, 0.1) is 17.4 Å². The normalized spacial score (nSPS) is 11.0. The highest BCUT2D eigenvalue weighted by Crippen LogP contribution is 2.21. The van der Waals surface area contributed by atoms with Gasteiger partial charge in [0.1, 0.15) is 0 Å². The summed E-state index contributed by atoms with van der Waals surface area (Å²) in [5, 5.41) is 8.19. The van der Waals surface area contributed by atoms with Crippen molar-refractivity contribution in [1.82, 2.24) is 5.32 Å². The molecule has 1 aromatic heterocycles. The Morgan fingerprint density at radius 3 is 2.50 bits per heavy atom. The van der Waals surface area contributed by atoms with Crippen molar-refractivity contribution in [2.45, 2.75) is 18.4 Å². The molecule has 3 aromatic rings. The number of anilines is 2. The van der Waals surface area contributed by atoms with Gasteiger partial charge in [0, 0.05) is 35.3 Å². The molecular formula is C21H21N3O5S. The Morgan fingerprint density at radius 2 is 1.83 bits per heavy atom. The SMILES string of the molecule is Cc1cc(NC(=O)NCc2ccoc2)ccc1NC(=O)c1cccc(S(C)(=O)=O)c1. The molecule has 0 bridgehead atoms. The number of carbonyl (C=O) groups is 2. The molecule has 0 unspecified atom stereocenters. The number of furan rings is 1. The van der Waals surface area contributed by atoms with Gasteiger partial charge in [-0.15, -0.1) is 0 Å². The smallest absolute Gasteiger partial charge is 0.319 e. The van der Waals surface area contributed by atoms with Crippen molar-refractivity contribution in [1.29, 1.82) is 0 Å². The molecule has 3 N–H and O–H groups in total. The van der Waals surface area contributed by atoms with E-state index in [2.05, 4.69) is 16.0 Å². The third-order valence-corrected chi connectivity index (χ3v) is 5.40. The highest BCUT2D eigenvalue weighted by atomic mass is 32.2. The predicted octanol–water partition coefficient (Wildman–Crippen LogP) is 3.57. The number of rotatable bonds is 6. The van der Waals surface area contributed by atoms with Gasteiger partial charge < -0.3 is 20.4 Å². The quantitative estimate of drug-likeness (QED) is 0.556. The van der Waals surface area contributed by atoms with Crippen LogP contribution in [0.3, 0.4) is 0 Å². The lowest BCUT2D eigenvalue weighted by Crippen LogP contribution is -2.28. The Labute approximate surface area is 174 Å². The topological polar surface area (TPSA) is 118 Å². The number of sulfone groups is 1. The van der Waals surface area contributed by atoms with Gasteiger partial charge in [-0.1, -0.05) is 6.07 Å². The molecule has 2 aromatic carbocycles. The van der Waals surface area contributed by atoms with Crippen molar-refractivity contribution in [2.24, 2.45) is 0 Å². The Hall–Kier alpha value is -3.59. The summed E-state index contributed by atoms with van der Waals surface area (Å²) in [7, 11) is -3.41. The zero-order chi connectivity index (χ0) is 21.7. The molecule has 30 heavy (non-hydrogen) atoms. The van der Waals surface area contributed by atoms with E-state index >= 15 is 0 Å². The van der Waals surface area contributed by atoms with Crippen LogP contribution in [0.15, 0.2) is 70.4 Å². The maximum atomic E-state index is 12.5. The molecule has 0 saturated heterocycles. The Balaban J connectivity index is 1.64. The first-order valence-electron chi connectivity index (χ1n) is 9.00. The van der Waals surface area contributed by atoms with Crippen LogP contribution in [0.1, 0.15) is 21.5 Å². The fraction of sp³-hybridized carbons (Fsp3) is 0.143. The Bertz CT molecular complexity index is 1170. The van der Waals surface area contributed by atoms with Gasteiger partial charge in [-0.3, -0.25) is 4.79 Å². The minimum Gasteiger partial charge on any atom is -0.472 e. The van der Waals surface area contributed by atoms with E-state index in [1.165, 1.54) is 24.5 Å². The fourth-order valence-corrected chi connectivity index (χ4v) is 3.36. The van der Waals surface area contributed by atoms with Crippen molar-refractivity contribution in [3.05, 3.63) is 77.7 Å². The number of carbonyl (C=O) groups excluding carboxylic acids is 2. The summed E-state index contributed by atoms with van der Waals surface area (Å²) in [6.45, 7) is 2.12. The average molecular weight is 427 g/mol. The van der Waals surface area contributed by atoms with Gasteiger partial charge in [0.2, 0.25) is 0 Å². The lowest BCUT2D eigenvalue weighted by Gasteiger charge is -2.12. The van der Waals surface area contributed by atoms with Crippen molar-refractivity contribution in [3.63, 3.8) is 0 Å². The maximum absolute atomic E-state index is 12.5. The van der Waals surface area contributed by atoms with Crippen LogP contribution in [0.2, 0.25) is 0 Å². The van der Waals surface area contributed by atoms with E-state index in [4.69, 9.17) is 4.42 Å². The van der Waals surface area contributed by atoms with Crippen LogP contribution in [0.5, 0.6) is 0 Å². The first-order chi connectivity index (χ1) is 14.2. The minimum atomic E-state index is -3.41. The van der Waals surface area contributed by atoms with Gasteiger partial charge in [-0.05, 0) is 55.0 Å². The van der Waals surface area contributed by atoms with E-state index < -0.39 is 15.7 Å². The van der Waals surface area contributed by atoms with Crippen LogP contribution in [0, 0.1) is 6.92 Å². The molecule has 3 amide bonds. The molecule has 0 radical (unpaired) electrons. The maximum Gasteiger partial charge on any atom is 0.319 e. The molecule has 0 fully saturated rings. The lowest BCUT2D eigenvalue weighted by molar-refractivity contribution is 0.102. The average Bonchev–Trinajstić information content (AvgIpc) is 3.21. The number of hydrogen-bond donors (Lipinski definition) is 3. The van der Waals surface area contributed by atoms with Crippen LogP contribution >= 0.6 is 0 Å². The van der Waals surface area contributed by atoms with Gasteiger partial charge in [0.15, 0.2) is 9.84 Å². The number of benzene rings is 2. The van der Waals surface area contributed by atoms with Crippen molar-refractivity contribution < 1.29 is 22.4 Å².